The van der Waals surface area contributed by atoms with Crippen molar-refractivity contribution in [3.63, 3.8) is 0 Å². The van der Waals surface area contributed by atoms with Crippen molar-refractivity contribution in [2.75, 3.05) is 5.32 Å². The van der Waals surface area contributed by atoms with E-state index in [1.165, 1.54) is 33.5 Å². The molecule has 0 amide bonds. The van der Waals surface area contributed by atoms with Crippen LogP contribution in [-0.4, -0.2) is 6.10 Å². The number of ether oxygens (including phenoxy) is 1. The quantitative estimate of drug-likeness (QED) is 0.665. The standard InChI is InChI=1S/C24H29NO/c1-14(2)26-21-11-7-10-19-18-8-6-9-20(18)24(25-23(19)21)22-16(4)12-15(3)13-17(22)5/h6-8,10-14,18,20,24-25H,9H2,1-5H3. The number of anilines is 1. The Bertz CT molecular complexity index is 842. The molecule has 2 heteroatoms. The maximum absolute atomic E-state index is 6.14. The van der Waals surface area contributed by atoms with Crippen molar-refractivity contribution in [3.8, 4) is 5.75 Å². The van der Waals surface area contributed by atoms with Crippen molar-refractivity contribution in [1.29, 1.82) is 0 Å². The van der Waals surface area contributed by atoms with Crippen LogP contribution in [-0.2, 0) is 0 Å². The molecule has 136 valence electrons. The molecular formula is C24H29NO. The number of allylic oxidation sites excluding steroid dienone is 2. The van der Waals surface area contributed by atoms with Gasteiger partial charge in [0.15, 0.2) is 0 Å². The van der Waals surface area contributed by atoms with Crippen molar-refractivity contribution in [2.45, 2.75) is 59.1 Å². The first-order valence-electron chi connectivity index (χ1n) is 9.76. The molecule has 1 N–H and O–H groups in total. The third-order valence-corrected chi connectivity index (χ3v) is 5.77. The normalized spacial score (nSPS) is 23.5. The molecule has 0 saturated heterocycles. The highest BCUT2D eigenvalue weighted by Gasteiger charge is 2.40. The van der Waals surface area contributed by atoms with Crippen LogP contribution in [0.2, 0.25) is 0 Å². The van der Waals surface area contributed by atoms with Crippen LogP contribution in [0.5, 0.6) is 5.75 Å². The van der Waals surface area contributed by atoms with Crippen molar-refractivity contribution in [3.05, 3.63) is 70.3 Å². The number of hydrogen-bond donors (Lipinski definition) is 1. The van der Waals surface area contributed by atoms with E-state index in [0.29, 0.717) is 17.9 Å². The van der Waals surface area contributed by atoms with Crippen LogP contribution in [0.1, 0.15) is 60.0 Å². The van der Waals surface area contributed by atoms with Gasteiger partial charge in [-0.25, -0.2) is 0 Å². The zero-order valence-electron chi connectivity index (χ0n) is 16.5. The molecule has 1 heterocycles. The number of fused-ring (bicyclic) bond motifs is 3. The average Bonchev–Trinajstić information content (AvgIpc) is 3.04. The maximum atomic E-state index is 6.14. The van der Waals surface area contributed by atoms with Crippen molar-refractivity contribution in [1.82, 2.24) is 0 Å². The molecule has 0 saturated carbocycles. The van der Waals surface area contributed by atoms with E-state index in [-0.39, 0.29) is 6.10 Å². The molecule has 1 aliphatic heterocycles. The van der Waals surface area contributed by atoms with Crippen molar-refractivity contribution in [2.24, 2.45) is 5.92 Å². The van der Waals surface area contributed by atoms with Crippen LogP contribution >= 0.6 is 0 Å². The molecule has 2 aromatic carbocycles. The lowest BCUT2D eigenvalue weighted by Crippen LogP contribution is -2.30. The number of aryl methyl sites for hydroxylation is 3. The summed E-state index contributed by atoms with van der Waals surface area (Å²) in [5.41, 5.74) is 8.12. The number of nitrogens with one attached hydrogen (secondary N) is 1. The minimum absolute atomic E-state index is 0.168. The van der Waals surface area contributed by atoms with E-state index in [1.807, 2.05) is 0 Å². The molecule has 4 rings (SSSR count). The predicted octanol–water partition coefficient (Wildman–Crippen LogP) is 6.23. The van der Waals surface area contributed by atoms with Gasteiger partial charge in [-0.3, -0.25) is 0 Å². The molecular weight excluding hydrogens is 318 g/mol. The Morgan fingerprint density at radius 2 is 1.81 bits per heavy atom. The Kier molecular flexibility index (Phi) is 4.30. The molecule has 2 aromatic rings. The molecule has 2 aliphatic rings. The van der Waals surface area contributed by atoms with Gasteiger partial charge in [-0.1, -0.05) is 42.0 Å². The molecule has 26 heavy (non-hydrogen) atoms. The van der Waals surface area contributed by atoms with Crippen LogP contribution in [0.4, 0.5) is 5.69 Å². The number of benzene rings is 2. The van der Waals surface area contributed by atoms with Gasteiger partial charge in [0.05, 0.1) is 17.8 Å². The van der Waals surface area contributed by atoms with Crippen LogP contribution in [0, 0.1) is 26.7 Å². The lowest BCUT2D eigenvalue weighted by Gasteiger charge is -2.39. The van der Waals surface area contributed by atoms with Crippen molar-refractivity contribution >= 4 is 5.69 Å². The molecule has 0 radical (unpaired) electrons. The number of hydrogen-bond acceptors (Lipinski definition) is 2. The number of para-hydroxylation sites is 1. The summed E-state index contributed by atoms with van der Waals surface area (Å²) in [5, 5.41) is 3.89. The second-order valence-electron chi connectivity index (χ2n) is 8.17. The van der Waals surface area contributed by atoms with Crippen LogP contribution in [0.15, 0.2) is 42.5 Å². The van der Waals surface area contributed by atoms with E-state index >= 15 is 0 Å². The SMILES string of the molecule is Cc1cc(C)c(C2Nc3c(OC(C)C)cccc3C3C=CCC32)c(C)c1. The fourth-order valence-electron chi connectivity index (χ4n) is 4.91. The van der Waals surface area contributed by atoms with Gasteiger partial charge in [0, 0.05) is 5.92 Å². The first-order valence-corrected chi connectivity index (χ1v) is 9.76. The summed E-state index contributed by atoms with van der Waals surface area (Å²) in [5.74, 6) is 2.01. The van der Waals surface area contributed by atoms with Crippen LogP contribution in [0.3, 0.4) is 0 Å². The second kappa shape index (κ2) is 6.50. The molecule has 3 atom stereocenters. The molecule has 1 aliphatic carbocycles. The van der Waals surface area contributed by atoms with E-state index < -0.39 is 0 Å². The Hall–Kier alpha value is -2.22. The first-order chi connectivity index (χ1) is 12.5. The largest absolute Gasteiger partial charge is 0.489 e. The molecule has 0 aromatic heterocycles. The lowest BCUT2D eigenvalue weighted by molar-refractivity contribution is 0.242. The van der Waals surface area contributed by atoms with Gasteiger partial charge in [0.25, 0.3) is 0 Å². The third-order valence-electron chi connectivity index (χ3n) is 5.77. The van der Waals surface area contributed by atoms with Gasteiger partial charge in [0.2, 0.25) is 0 Å². The van der Waals surface area contributed by atoms with E-state index in [2.05, 4.69) is 82.4 Å². The van der Waals surface area contributed by atoms with Gasteiger partial charge >= 0.3 is 0 Å². The smallest absolute Gasteiger partial charge is 0.143 e. The lowest BCUT2D eigenvalue weighted by atomic mass is 9.75. The highest BCUT2D eigenvalue weighted by Crippen LogP contribution is 2.53. The van der Waals surface area contributed by atoms with Crippen LogP contribution in [0.25, 0.3) is 0 Å². The summed E-state index contributed by atoms with van der Waals surface area (Å²) in [6, 6.07) is 11.4. The van der Waals surface area contributed by atoms with E-state index in [0.717, 1.165) is 12.2 Å². The van der Waals surface area contributed by atoms with Gasteiger partial charge in [-0.15, -0.1) is 0 Å². The summed E-state index contributed by atoms with van der Waals surface area (Å²) in [7, 11) is 0. The fourth-order valence-corrected chi connectivity index (χ4v) is 4.91. The molecule has 3 unspecified atom stereocenters. The molecule has 0 spiro atoms. The highest BCUT2D eigenvalue weighted by atomic mass is 16.5. The summed E-state index contributed by atoms with van der Waals surface area (Å²) >= 11 is 0. The Balaban J connectivity index is 1.84. The van der Waals surface area contributed by atoms with E-state index in [4.69, 9.17) is 4.74 Å². The van der Waals surface area contributed by atoms with Gasteiger partial charge in [-0.2, -0.15) is 0 Å². The summed E-state index contributed by atoms with van der Waals surface area (Å²) in [4.78, 5) is 0. The zero-order chi connectivity index (χ0) is 18.4. The summed E-state index contributed by atoms with van der Waals surface area (Å²) in [6.07, 6.45) is 6.05. The fraction of sp³-hybridized carbons (Fsp3) is 0.417. The molecule has 2 nitrogen and oxygen atoms in total. The van der Waals surface area contributed by atoms with Gasteiger partial charge < -0.3 is 10.1 Å². The van der Waals surface area contributed by atoms with E-state index in [9.17, 15) is 0 Å². The van der Waals surface area contributed by atoms with Crippen molar-refractivity contribution < 1.29 is 4.74 Å². The first kappa shape index (κ1) is 17.2. The molecule has 0 bridgehead atoms. The third kappa shape index (κ3) is 2.82. The Morgan fingerprint density at radius 1 is 1.08 bits per heavy atom. The van der Waals surface area contributed by atoms with Crippen LogP contribution < -0.4 is 10.1 Å². The summed E-state index contributed by atoms with van der Waals surface area (Å²) < 4.78 is 6.14. The second-order valence-corrected chi connectivity index (χ2v) is 8.17. The Morgan fingerprint density at radius 3 is 2.50 bits per heavy atom. The minimum Gasteiger partial charge on any atom is -0.489 e. The predicted molar refractivity (Wildman–Crippen MR) is 109 cm³/mol. The van der Waals surface area contributed by atoms with E-state index in [1.54, 1.807) is 0 Å². The number of rotatable bonds is 3. The molecule has 0 fully saturated rings. The maximum Gasteiger partial charge on any atom is 0.143 e. The van der Waals surface area contributed by atoms with Gasteiger partial charge in [0.1, 0.15) is 5.75 Å². The monoisotopic (exact) mass is 347 g/mol. The minimum atomic E-state index is 0.168. The zero-order valence-corrected chi connectivity index (χ0v) is 16.5. The highest BCUT2D eigenvalue weighted by molar-refractivity contribution is 5.68. The van der Waals surface area contributed by atoms with Gasteiger partial charge in [-0.05, 0) is 75.3 Å². The average molecular weight is 348 g/mol. The summed E-state index contributed by atoms with van der Waals surface area (Å²) in [6.45, 7) is 10.9. The Labute approximate surface area is 157 Å². The topological polar surface area (TPSA) is 21.3 Å².